The van der Waals surface area contributed by atoms with Crippen molar-refractivity contribution in [3.63, 3.8) is 0 Å². The molecule has 0 N–H and O–H groups in total. The number of sulfonamides is 2. The summed E-state index contributed by atoms with van der Waals surface area (Å²) >= 11 is 0. The number of hydrogen-bond donors (Lipinski definition) is 0. The molecule has 0 spiro atoms. The Bertz CT molecular complexity index is 827. The first kappa shape index (κ1) is 29.6. The molecule has 0 atom stereocenters. The third kappa shape index (κ3) is 10.6. The van der Waals surface area contributed by atoms with Gasteiger partial charge < -0.3 is 4.13 Å². The molecular formula is C17H26F6N2O4S2. The molecule has 0 bridgehead atoms. The summed E-state index contributed by atoms with van der Waals surface area (Å²) in [5, 5.41) is 0. The first-order valence-electron chi connectivity index (χ1n) is 9.43. The van der Waals surface area contributed by atoms with Crippen LogP contribution in [0.25, 0.3) is 4.13 Å². The Morgan fingerprint density at radius 1 is 0.806 bits per heavy atom. The van der Waals surface area contributed by atoms with Crippen molar-refractivity contribution >= 4 is 20.0 Å². The third-order valence-electron chi connectivity index (χ3n) is 3.85. The Kier molecular flexibility index (Phi) is 12.0. The lowest BCUT2D eigenvalue weighted by atomic mass is 10.1. The molecule has 0 aromatic carbocycles. The van der Waals surface area contributed by atoms with E-state index in [1.165, 1.54) is 57.2 Å². The molecule has 1 heterocycles. The molecule has 0 radical (unpaired) electrons. The lowest BCUT2D eigenvalue weighted by Crippen LogP contribution is -2.37. The number of aromatic nitrogens is 1. The third-order valence-corrected chi connectivity index (χ3v) is 6.59. The van der Waals surface area contributed by atoms with Gasteiger partial charge in [0.1, 0.15) is 6.54 Å². The summed E-state index contributed by atoms with van der Waals surface area (Å²) < 4.78 is 112. The normalized spacial score (nSPS) is 12.9. The Hall–Kier alpha value is -1.41. The van der Waals surface area contributed by atoms with Gasteiger partial charge in [0.05, 0.1) is 0 Å². The van der Waals surface area contributed by atoms with E-state index in [1.807, 2.05) is 0 Å². The molecular weight excluding hydrogens is 474 g/mol. The fraction of sp³-hybridized carbons (Fsp3) is 0.706. The minimum atomic E-state index is -6.72. The van der Waals surface area contributed by atoms with Crippen LogP contribution < -0.4 is 4.57 Å². The highest BCUT2D eigenvalue weighted by molar-refractivity contribution is 8.13. The van der Waals surface area contributed by atoms with Gasteiger partial charge in [0, 0.05) is 25.0 Å². The molecule has 0 fully saturated rings. The van der Waals surface area contributed by atoms with Crippen LogP contribution in [0.4, 0.5) is 26.3 Å². The first-order valence-corrected chi connectivity index (χ1v) is 12.3. The minimum absolute atomic E-state index is 0.778. The van der Waals surface area contributed by atoms with Crippen molar-refractivity contribution < 1.29 is 47.7 Å². The Balaban J connectivity index is 0.000000582. The van der Waals surface area contributed by atoms with Gasteiger partial charge in [-0.15, -0.1) is 0 Å². The van der Waals surface area contributed by atoms with Crippen LogP contribution in [0.2, 0.25) is 0 Å². The maximum Gasteiger partial charge on any atom is 0.480 e. The van der Waals surface area contributed by atoms with Gasteiger partial charge in [-0.1, -0.05) is 45.6 Å². The average Bonchev–Trinajstić information content (AvgIpc) is 2.62. The highest BCUT2D eigenvalue weighted by atomic mass is 32.3. The van der Waals surface area contributed by atoms with Gasteiger partial charge in [0.15, 0.2) is 31.9 Å². The largest absolute Gasteiger partial charge is 0.480 e. The fourth-order valence-corrected chi connectivity index (χ4v) is 3.94. The maximum atomic E-state index is 11.4. The van der Waals surface area contributed by atoms with E-state index in [0.29, 0.717) is 0 Å². The smallest absolute Gasteiger partial charge is 0.421 e. The Morgan fingerprint density at radius 3 is 1.77 bits per heavy atom. The number of pyridine rings is 1. The van der Waals surface area contributed by atoms with Crippen molar-refractivity contribution in [1.82, 2.24) is 0 Å². The monoisotopic (exact) mass is 500 g/mol. The highest BCUT2D eigenvalue weighted by Gasteiger charge is 2.46. The minimum Gasteiger partial charge on any atom is -0.421 e. The number of rotatable bonds is 10. The van der Waals surface area contributed by atoms with Crippen molar-refractivity contribution in [3.8, 4) is 0 Å². The SMILES string of the molecule is CCCCCCc1cccc[n+]1CCCC.O=S(=O)([N-]S(=O)(=O)C(F)(F)F)C(F)(F)F. The number of aryl methyl sites for hydroxylation is 2. The maximum absolute atomic E-state index is 11.4. The number of halogens is 6. The topological polar surface area (TPSA) is 86.3 Å². The summed E-state index contributed by atoms with van der Waals surface area (Å²) in [5.41, 5.74) is -10.9. The molecule has 0 aliphatic carbocycles. The molecule has 1 rings (SSSR count). The van der Waals surface area contributed by atoms with Crippen LogP contribution in [-0.2, 0) is 33.0 Å². The summed E-state index contributed by atoms with van der Waals surface area (Å²) in [6.07, 6.45) is 11.4. The van der Waals surface area contributed by atoms with Crippen LogP contribution in [0.15, 0.2) is 24.4 Å². The lowest BCUT2D eigenvalue weighted by molar-refractivity contribution is -0.704. The Labute approximate surface area is 178 Å². The van der Waals surface area contributed by atoms with Crippen LogP contribution in [0.3, 0.4) is 0 Å². The fourth-order valence-electron chi connectivity index (χ4n) is 2.23. The molecule has 0 unspecified atom stereocenters. The molecule has 14 heteroatoms. The predicted octanol–water partition coefficient (Wildman–Crippen LogP) is 4.96. The molecule has 0 aliphatic heterocycles. The highest BCUT2D eigenvalue weighted by Crippen LogP contribution is 2.36. The lowest BCUT2D eigenvalue weighted by Gasteiger charge is -2.22. The van der Waals surface area contributed by atoms with E-state index in [9.17, 15) is 43.2 Å². The van der Waals surface area contributed by atoms with Crippen LogP contribution in [-0.4, -0.2) is 27.9 Å². The molecule has 0 amide bonds. The van der Waals surface area contributed by atoms with Crippen LogP contribution >= 0.6 is 0 Å². The van der Waals surface area contributed by atoms with Gasteiger partial charge in [-0.3, -0.25) is 0 Å². The van der Waals surface area contributed by atoms with E-state index in [0.717, 1.165) is 4.13 Å². The van der Waals surface area contributed by atoms with E-state index < -0.39 is 31.1 Å². The molecule has 1 aromatic rings. The summed E-state index contributed by atoms with van der Waals surface area (Å²) in [6, 6.07) is 6.59. The van der Waals surface area contributed by atoms with E-state index in [2.05, 4.69) is 42.8 Å². The zero-order valence-electron chi connectivity index (χ0n) is 17.1. The van der Waals surface area contributed by atoms with E-state index in [-0.39, 0.29) is 0 Å². The van der Waals surface area contributed by atoms with Crippen molar-refractivity contribution in [2.75, 3.05) is 0 Å². The van der Waals surface area contributed by atoms with Gasteiger partial charge in [0.2, 0.25) is 0 Å². The first-order chi connectivity index (χ1) is 14.1. The van der Waals surface area contributed by atoms with Gasteiger partial charge in [-0.05, 0) is 6.42 Å². The van der Waals surface area contributed by atoms with Gasteiger partial charge in [0.25, 0.3) is 0 Å². The zero-order valence-corrected chi connectivity index (χ0v) is 18.7. The van der Waals surface area contributed by atoms with Crippen LogP contribution in [0, 0.1) is 0 Å². The van der Waals surface area contributed by atoms with Crippen LogP contribution in [0.1, 0.15) is 58.1 Å². The molecule has 6 nitrogen and oxygen atoms in total. The van der Waals surface area contributed by atoms with Gasteiger partial charge in [-0.2, -0.15) is 26.3 Å². The number of hydrogen-bond acceptors (Lipinski definition) is 4. The van der Waals surface area contributed by atoms with Crippen LogP contribution in [0.5, 0.6) is 0 Å². The summed E-state index contributed by atoms with van der Waals surface area (Å²) in [7, 11) is -13.4. The van der Waals surface area contributed by atoms with E-state index >= 15 is 0 Å². The molecule has 0 saturated carbocycles. The van der Waals surface area contributed by atoms with Gasteiger partial charge >= 0.3 is 11.0 Å². The average molecular weight is 501 g/mol. The second-order valence-corrected chi connectivity index (χ2v) is 9.89. The zero-order chi connectivity index (χ0) is 24.3. The van der Waals surface area contributed by atoms with Crippen molar-refractivity contribution in [3.05, 3.63) is 34.2 Å². The van der Waals surface area contributed by atoms with E-state index in [1.54, 1.807) is 0 Å². The summed E-state index contributed by atoms with van der Waals surface area (Å²) in [6.45, 7) is 5.70. The molecule has 31 heavy (non-hydrogen) atoms. The second-order valence-electron chi connectivity index (χ2n) is 6.47. The van der Waals surface area contributed by atoms with Crippen molar-refractivity contribution in [2.24, 2.45) is 0 Å². The number of alkyl halides is 6. The predicted molar refractivity (Wildman–Crippen MR) is 103 cm³/mol. The number of unbranched alkanes of at least 4 members (excludes halogenated alkanes) is 4. The summed E-state index contributed by atoms with van der Waals surface area (Å²) in [4.78, 5) is 0. The number of nitrogens with zero attached hydrogens (tertiary/aromatic N) is 2. The molecule has 0 saturated heterocycles. The quantitative estimate of drug-likeness (QED) is 0.258. The van der Waals surface area contributed by atoms with Crippen molar-refractivity contribution in [2.45, 2.75) is 76.4 Å². The van der Waals surface area contributed by atoms with E-state index in [4.69, 9.17) is 0 Å². The standard InChI is InChI=1S/C15H26N.C2F6NO4S2/c1-3-5-7-8-11-15-12-9-10-14-16(15)13-6-4-2;3-1(4,5)14(10,11)9-15(12,13)2(6,7)8/h9-10,12,14H,3-8,11,13H2,1-2H3;/q+1;-1. The molecule has 182 valence electrons. The Morgan fingerprint density at radius 2 is 1.32 bits per heavy atom. The molecule has 1 aromatic heterocycles. The second kappa shape index (κ2) is 12.6. The van der Waals surface area contributed by atoms with Gasteiger partial charge in [-0.25, -0.2) is 21.4 Å². The summed E-state index contributed by atoms with van der Waals surface area (Å²) in [5.74, 6) is 0. The van der Waals surface area contributed by atoms with Crippen molar-refractivity contribution in [1.29, 1.82) is 0 Å². The molecule has 0 aliphatic rings.